The highest BCUT2D eigenvalue weighted by molar-refractivity contribution is 7.07. The Kier molecular flexibility index (Phi) is 8.39. The maximum atomic E-state index is 12.8. The molecule has 0 spiro atoms. The van der Waals surface area contributed by atoms with Crippen LogP contribution in [0.4, 0.5) is 0 Å². The lowest BCUT2D eigenvalue weighted by atomic mass is 10.1. The van der Waals surface area contributed by atoms with Gasteiger partial charge in [0, 0.05) is 35.8 Å². The number of aromatic nitrogens is 1. The normalized spacial score (nSPS) is 11.5. The molecule has 1 N–H and O–H groups in total. The van der Waals surface area contributed by atoms with Crippen LogP contribution >= 0.6 is 11.3 Å². The van der Waals surface area contributed by atoms with Crippen molar-refractivity contribution in [2.75, 3.05) is 41.4 Å². The van der Waals surface area contributed by atoms with E-state index in [-0.39, 0.29) is 11.8 Å². The van der Waals surface area contributed by atoms with Crippen molar-refractivity contribution in [2.45, 2.75) is 6.54 Å². The molecule has 0 fully saturated rings. The van der Waals surface area contributed by atoms with Crippen LogP contribution in [0, 0.1) is 0 Å². The third-order valence-corrected chi connectivity index (χ3v) is 5.73. The van der Waals surface area contributed by atoms with Crippen LogP contribution in [0.3, 0.4) is 0 Å². The zero-order chi connectivity index (χ0) is 23.8. The molecule has 1 aromatic heterocycles. The number of nitrogens with one attached hydrogen (secondary N) is 1. The SMILES string of the molecule is COc1ccc(C(=O)N=c2sccn2Cc2ccccc2C(=O)NCCN(C)C)cc1OC. The van der Waals surface area contributed by atoms with Crippen LogP contribution in [0.15, 0.2) is 59.0 Å². The maximum absolute atomic E-state index is 12.8. The second-order valence-corrected chi connectivity index (χ2v) is 8.39. The van der Waals surface area contributed by atoms with Gasteiger partial charge in [-0.2, -0.15) is 4.99 Å². The van der Waals surface area contributed by atoms with E-state index >= 15 is 0 Å². The number of rotatable bonds is 9. The van der Waals surface area contributed by atoms with Crippen molar-refractivity contribution in [2.24, 2.45) is 4.99 Å². The number of hydrogen-bond donors (Lipinski definition) is 1. The van der Waals surface area contributed by atoms with E-state index in [1.165, 1.54) is 18.4 Å². The zero-order valence-corrected chi connectivity index (χ0v) is 20.0. The van der Waals surface area contributed by atoms with E-state index in [2.05, 4.69) is 10.3 Å². The zero-order valence-electron chi connectivity index (χ0n) is 19.2. The molecule has 8 nitrogen and oxygen atoms in total. The third kappa shape index (κ3) is 6.30. The highest BCUT2D eigenvalue weighted by Gasteiger charge is 2.13. The second-order valence-electron chi connectivity index (χ2n) is 7.52. The average Bonchev–Trinajstić information content (AvgIpc) is 3.24. The Bertz CT molecular complexity index is 1180. The maximum Gasteiger partial charge on any atom is 0.279 e. The number of likely N-dealkylation sites (N-methyl/N-ethyl adjacent to an activating group) is 1. The second kappa shape index (κ2) is 11.4. The summed E-state index contributed by atoms with van der Waals surface area (Å²) in [6.45, 7) is 1.74. The van der Waals surface area contributed by atoms with Crippen LogP contribution in [-0.4, -0.2) is 62.7 Å². The largest absolute Gasteiger partial charge is 0.493 e. The van der Waals surface area contributed by atoms with Gasteiger partial charge in [-0.15, -0.1) is 11.3 Å². The Morgan fingerprint density at radius 2 is 1.85 bits per heavy atom. The topological polar surface area (TPSA) is 85.2 Å². The first-order valence-electron chi connectivity index (χ1n) is 10.4. The van der Waals surface area contributed by atoms with E-state index in [1.54, 1.807) is 31.4 Å². The number of nitrogens with zero attached hydrogens (tertiary/aromatic N) is 3. The van der Waals surface area contributed by atoms with Gasteiger partial charge in [0.15, 0.2) is 16.3 Å². The van der Waals surface area contributed by atoms with E-state index in [9.17, 15) is 9.59 Å². The van der Waals surface area contributed by atoms with E-state index < -0.39 is 0 Å². The number of methoxy groups -OCH3 is 2. The predicted molar refractivity (Wildman–Crippen MR) is 128 cm³/mol. The van der Waals surface area contributed by atoms with E-state index in [1.807, 2.05) is 53.3 Å². The first kappa shape index (κ1) is 24.2. The molecule has 0 saturated carbocycles. The molecule has 174 valence electrons. The first-order valence-corrected chi connectivity index (χ1v) is 11.3. The summed E-state index contributed by atoms with van der Waals surface area (Å²) >= 11 is 1.35. The predicted octanol–water partition coefficient (Wildman–Crippen LogP) is 2.65. The van der Waals surface area contributed by atoms with Crippen molar-refractivity contribution >= 4 is 23.2 Å². The molecule has 0 aliphatic rings. The Hall–Kier alpha value is -3.43. The smallest absolute Gasteiger partial charge is 0.279 e. The Labute approximate surface area is 197 Å². The Balaban J connectivity index is 1.83. The van der Waals surface area contributed by atoms with Crippen LogP contribution < -0.4 is 19.6 Å². The molecule has 0 aliphatic heterocycles. The summed E-state index contributed by atoms with van der Waals surface area (Å²) in [5.74, 6) is 0.498. The standard InChI is InChI=1S/C24H28N4O4S/c1-27(2)12-11-25-23(30)19-8-6-5-7-18(19)16-28-13-14-33-24(28)26-22(29)17-9-10-20(31-3)21(15-17)32-4/h5-10,13-15H,11-12,16H2,1-4H3,(H,25,30). The minimum absolute atomic E-state index is 0.122. The highest BCUT2D eigenvalue weighted by atomic mass is 32.1. The lowest BCUT2D eigenvalue weighted by Gasteiger charge is -2.13. The van der Waals surface area contributed by atoms with E-state index in [0.29, 0.717) is 40.5 Å². The minimum atomic E-state index is -0.387. The van der Waals surface area contributed by atoms with Gasteiger partial charge in [-0.25, -0.2) is 0 Å². The lowest BCUT2D eigenvalue weighted by molar-refractivity contribution is 0.0948. The number of benzene rings is 2. The molecule has 0 radical (unpaired) electrons. The molecule has 33 heavy (non-hydrogen) atoms. The van der Waals surface area contributed by atoms with Crippen molar-refractivity contribution in [1.82, 2.24) is 14.8 Å². The van der Waals surface area contributed by atoms with Crippen molar-refractivity contribution in [1.29, 1.82) is 0 Å². The molecule has 2 amide bonds. The van der Waals surface area contributed by atoms with Crippen LogP contribution in [0.1, 0.15) is 26.3 Å². The molecule has 0 unspecified atom stereocenters. The summed E-state index contributed by atoms with van der Waals surface area (Å²) in [5.41, 5.74) is 1.85. The van der Waals surface area contributed by atoms with E-state index in [0.717, 1.165) is 12.1 Å². The Morgan fingerprint density at radius 3 is 2.58 bits per heavy atom. The summed E-state index contributed by atoms with van der Waals surface area (Å²) in [6.07, 6.45) is 1.85. The minimum Gasteiger partial charge on any atom is -0.493 e. The fourth-order valence-electron chi connectivity index (χ4n) is 3.18. The summed E-state index contributed by atoms with van der Waals surface area (Å²) in [5, 5.41) is 4.81. The number of amides is 2. The summed E-state index contributed by atoms with van der Waals surface area (Å²) in [7, 11) is 6.98. The monoisotopic (exact) mass is 468 g/mol. The van der Waals surface area contributed by atoms with Gasteiger partial charge in [-0.05, 0) is 43.9 Å². The van der Waals surface area contributed by atoms with Crippen molar-refractivity contribution in [3.05, 3.63) is 75.5 Å². The van der Waals surface area contributed by atoms with Crippen molar-refractivity contribution in [3.63, 3.8) is 0 Å². The van der Waals surface area contributed by atoms with Gasteiger partial charge in [0.25, 0.3) is 11.8 Å². The van der Waals surface area contributed by atoms with Crippen LogP contribution in [0.25, 0.3) is 0 Å². The lowest BCUT2D eigenvalue weighted by Crippen LogP contribution is -2.32. The van der Waals surface area contributed by atoms with Gasteiger partial charge in [0.1, 0.15) is 0 Å². The van der Waals surface area contributed by atoms with Crippen molar-refractivity contribution < 1.29 is 19.1 Å². The van der Waals surface area contributed by atoms with Gasteiger partial charge in [-0.1, -0.05) is 18.2 Å². The summed E-state index contributed by atoms with van der Waals surface area (Å²) in [6, 6.07) is 12.4. The molecule has 1 heterocycles. The van der Waals surface area contributed by atoms with Crippen molar-refractivity contribution in [3.8, 4) is 11.5 Å². The number of carbonyl (C=O) groups is 2. The van der Waals surface area contributed by atoms with Gasteiger partial charge < -0.3 is 24.3 Å². The molecular formula is C24H28N4O4S. The van der Waals surface area contributed by atoms with Crippen LogP contribution in [0.2, 0.25) is 0 Å². The first-order chi connectivity index (χ1) is 15.9. The van der Waals surface area contributed by atoms with Gasteiger partial charge >= 0.3 is 0 Å². The van der Waals surface area contributed by atoms with Gasteiger partial charge in [0.05, 0.1) is 20.8 Å². The number of carbonyl (C=O) groups excluding carboxylic acids is 2. The highest BCUT2D eigenvalue weighted by Crippen LogP contribution is 2.27. The fourth-order valence-corrected chi connectivity index (χ4v) is 3.91. The number of ether oxygens (including phenoxy) is 2. The van der Waals surface area contributed by atoms with E-state index in [4.69, 9.17) is 9.47 Å². The quantitative estimate of drug-likeness (QED) is 0.522. The fraction of sp³-hybridized carbons (Fsp3) is 0.292. The molecule has 9 heteroatoms. The molecular weight excluding hydrogens is 440 g/mol. The van der Waals surface area contributed by atoms with Gasteiger partial charge in [-0.3, -0.25) is 9.59 Å². The Morgan fingerprint density at radius 1 is 1.09 bits per heavy atom. The molecule has 0 bridgehead atoms. The molecule has 0 atom stereocenters. The number of thiazole rings is 1. The molecule has 0 saturated heterocycles. The molecule has 3 aromatic rings. The summed E-state index contributed by atoms with van der Waals surface area (Å²) in [4.78, 5) is 32.3. The average molecular weight is 469 g/mol. The third-order valence-electron chi connectivity index (χ3n) is 4.93. The molecule has 0 aliphatic carbocycles. The van der Waals surface area contributed by atoms with Gasteiger partial charge in [0.2, 0.25) is 0 Å². The summed E-state index contributed by atoms with van der Waals surface area (Å²) < 4.78 is 12.4. The van der Waals surface area contributed by atoms with Crippen LogP contribution in [-0.2, 0) is 6.54 Å². The van der Waals surface area contributed by atoms with Crippen LogP contribution in [0.5, 0.6) is 11.5 Å². The molecule has 3 rings (SSSR count). The number of hydrogen-bond acceptors (Lipinski definition) is 6. The molecule has 2 aromatic carbocycles.